The first-order chi connectivity index (χ1) is 26.5. The van der Waals surface area contributed by atoms with Gasteiger partial charge < -0.3 is 15.2 Å². The number of aromatic nitrogens is 1. The third kappa shape index (κ3) is 5.70. The minimum Gasteiger partial charge on any atom is -0.508 e. The van der Waals surface area contributed by atoms with Gasteiger partial charge in [-0.2, -0.15) is 18.2 Å². The number of nitrogens with one attached hydrogen (secondary N) is 1. The number of hydrogen-bond donors (Lipinski definition) is 4. The molecular formula is C39H30BCl2F3N4O7. The summed E-state index contributed by atoms with van der Waals surface area (Å²) in [7, 11) is -1.86. The molecule has 0 bridgehead atoms. The van der Waals surface area contributed by atoms with Crippen LogP contribution in [0.15, 0.2) is 90.6 Å². The third-order valence-electron chi connectivity index (χ3n) is 11.5. The minimum atomic E-state index is -4.77. The summed E-state index contributed by atoms with van der Waals surface area (Å²) in [5.74, 6) is -7.83. The van der Waals surface area contributed by atoms with Crippen molar-refractivity contribution in [3.63, 3.8) is 0 Å². The number of allylic oxidation sites excluding steroid dienone is 2. The largest absolute Gasteiger partial charge is 0.508 e. The van der Waals surface area contributed by atoms with Gasteiger partial charge in [-0.05, 0) is 84.2 Å². The van der Waals surface area contributed by atoms with Crippen LogP contribution in [0, 0.1) is 30.6 Å². The Bertz CT molecular complexity index is 2380. The van der Waals surface area contributed by atoms with Crippen LogP contribution in [0.3, 0.4) is 0 Å². The Morgan fingerprint density at radius 2 is 1.66 bits per heavy atom. The molecule has 3 fully saturated rings. The summed E-state index contributed by atoms with van der Waals surface area (Å²) in [4.78, 5) is 63.5. The molecule has 0 spiro atoms. The van der Waals surface area contributed by atoms with Gasteiger partial charge in [0.05, 0.1) is 39.4 Å². The predicted octanol–water partition coefficient (Wildman–Crippen LogP) is 5.29. The molecule has 2 saturated heterocycles. The molecule has 4 aliphatic rings. The Morgan fingerprint density at radius 3 is 2.32 bits per heavy atom. The summed E-state index contributed by atoms with van der Waals surface area (Å²) >= 11 is 12.6. The number of fused-ring (bicyclic) bond motifs is 4. The number of hydrogen-bond acceptors (Lipinski definition) is 9. The van der Waals surface area contributed by atoms with Gasteiger partial charge in [-0.15, -0.1) is 0 Å². The van der Waals surface area contributed by atoms with Crippen LogP contribution in [0.1, 0.15) is 41.0 Å². The van der Waals surface area contributed by atoms with Gasteiger partial charge in [-0.1, -0.05) is 71.2 Å². The fourth-order valence-electron chi connectivity index (χ4n) is 9.09. The summed E-state index contributed by atoms with van der Waals surface area (Å²) in [5.41, 5.74) is 1.88. The van der Waals surface area contributed by atoms with Gasteiger partial charge in [-0.3, -0.25) is 29.5 Å². The van der Waals surface area contributed by atoms with E-state index < -0.39 is 82.5 Å². The molecule has 0 unspecified atom stereocenters. The highest BCUT2D eigenvalue weighted by molar-refractivity contribution is 6.58. The summed E-state index contributed by atoms with van der Waals surface area (Å²) < 4.78 is 40.4. The van der Waals surface area contributed by atoms with Crippen LogP contribution in [-0.4, -0.2) is 55.9 Å². The molecule has 8 rings (SSSR count). The number of hydrazine groups is 1. The van der Waals surface area contributed by atoms with Crippen molar-refractivity contribution < 1.29 is 47.5 Å². The molecule has 4 aromatic rings. The fraction of sp³-hybridized carbons (Fsp3) is 0.256. The number of aryl methyl sites for hydroxylation is 1. The number of carbonyl (C=O) groups is 4. The molecule has 1 saturated carbocycles. The van der Waals surface area contributed by atoms with Crippen molar-refractivity contribution in [2.24, 2.45) is 23.7 Å². The molecule has 1 aromatic heterocycles. The Hall–Kier alpha value is -5.22. The zero-order chi connectivity index (χ0) is 40.0. The second-order valence-corrected chi connectivity index (χ2v) is 15.3. The van der Waals surface area contributed by atoms with E-state index in [1.54, 1.807) is 43.3 Å². The van der Waals surface area contributed by atoms with Crippen LogP contribution in [0.25, 0.3) is 0 Å². The second-order valence-electron chi connectivity index (χ2n) is 14.4. The number of nitrogens with zero attached hydrogens (tertiary/aromatic N) is 3. The van der Waals surface area contributed by atoms with Gasteiger partial charge in [0.25, 0.3) is 11.8 Å². The maximum atomic E-state index is 15.3. The molecule has 0 radical (unpaired) electrons. The number of carbonyl (C=O) groups excluding carboxylic acids is 4. The van der Waals surface area contributed by atoms with Crippen LogP contribution in [0.2, 0.25) is 10.0 Å². The minimum absolute atomic E-state index is 0.0292. The van der Waals surface area contributed by atoms with Crippen molar-refractivity contribution in [3.05, 3.63) is 123 Å². The molecule has 286 valence electrons. The molecule has 56 heavy (non-hydrogen) atoms. The van der Waals surface area contributed by atoms with Crippen molar-refractivity contribution in [1.82, 2.24) is 9.99 Å². The highest BCUT2D eigenvalue weighted by Gasteiger charge is 2.70. The maximum Gasteiger partial charge on any atom is 0.488 e. The van der Waals surface area contributed by atoms with Gasteiger partial charge in [0.1, 0.15) is 5.75 Å². The molecule has 4 N–H and O–H groups in total. The zero-order valence-electron chi connectivity index (χ0n) is 29.2. The van der Waals surface area contributed by atoms with E-state index in [1.165, 1.54) is 30.3 Å². The SMILES string of the molecule is Cc1cc([C@H]2C3=CC[C@@H]4C(=O)N(c5cccc(B(O)O)c5)C(=O)[C@@H]4[C@@H]3C[C@H]3C(=O)N(Nc4ncc(C(F)(F)F)cc4Cl)C(=O)[C@@]23c2ccc(Cl)cc2)ccc1O. The first-order valence-electron chi connectivity index (χ1n) is 17.5. The lowest BCUT2D eigenvalue weighted by molar-refractivity contribution is -0.139. The van der Waals surface area contributed by atoms with E-state index in [-0.39, 0.29) is 35.6 Å². The first-order valence-corrected chi connectivity index (χ1v) is 18.3. The fourth-order valence-corrected chi connectivity index (χ4v) is 9.43. The van der Waals surface area contributed by atoms with Gasteiger partial charge in [0.2, 0.25) is 11.8 Å². The van der Waals surface area contributed by atoms with Crippen molar-refractivity contribution in [2.75, 3.05) is 10.3 Å². The summed E-state index contributed by atoms with van der Waals surface area (Å²) in [6, 6.07) is 17.5. The van der Waals surface area contributed by atoms with E-state index in [0.717, 1.165) is 4.90 Å². The van der Waals surface area contributed by atoms with Crippen LogP contribution >= 0.6 is 23.2 Å². The van der Waals surface area contributed by atoms with E-state index >= 15 is 4.79 Å². The number of pyridine rings is 1. The Kier molecular flexibility index (Phi) is 9.07. The monoisotopic (exact) mass is 804 g/mol. The Morgan fingerprint density at radius 1 is 0.929 bits per heavy atom. The number of halogens is 5. The third-order valence-corrected chi connectivity index (χ3v) is 12.1. The van der Waals surface area contributed by atoms with E-state index in [0.29, 0.717) is 44.6 Å². The molecule has 4 amide bonds. The number of rotatable bonds is 6. The van der Waals surface area contributed by atoms with Crippen LogP contribution < -0.4 is 15.8 Å². The summed E-state index contributed by atoms with van der Waals surface area (Å²) in [6.07, 6.45) is -2.41. The van der Waals surface area contributed by atoms with Crippen LogP contribution in [0.5, 0.6) is 5.75 Å². The lowest BCUT2D eigenvalue weighted by Crippen LogP contribution is -2.53. The predicted molar refractivity (Wildman–Crippen MR) is 198 cm³/mol. The number of amides is 4. The molecule has 2 aliphatic carbocycles. The number of anilines is 2. The number of benzene rings is 3. The summed E-state index contributed by atoms with van der Waals surface area (Å²) in [5, 5.41) is 30.7. The van der Waals surface area contributed by atoms with Gasteiger partial charge in [-0.25, -0.2) is 4.98 Å². The van der Waals surface area contributed by atoms with Gasteiger partial charge in [0.15, 0.2) is 5.82 Å². The van der Waals surface area contributed by atoms with Crippen molar-refractivity contribution in [2.45, 2.75) is 37.3 Å². The van der Waals surface area contributed by atoms with Crippen LogP contribution in [0.4, 0.5) is 24.7 Å². The number of aromatic hydroxyl groups is 1. The lowest BCUT2D eigenvalue weighted by Gasteiger charge is -2.50. The number of alkyl halides is 3. The average molecular weight is 805 g/mol. The maximum absolute atomic E-state index is 15.3. The van der Waals surface area contributed by atoms with Crippen molar-refractivity contribution in [3.8, 4) is 5.75 Å². The van der Waals surface area contributed by atoms with Crippen molar-refractivity contribution >= 4 is 70.9 Å². The summed E-state index contributed by atoms with van der Waals surface area (Å²) in [6.45, 7) is 1.67. The standard InChI is InChI=1S/C39H30BCl2F3N4O7/c1-18-13-19(5-12-30(18)50)32-25-10-11-26-31(36(53)48(34(26)51)24-4-2-3-22(15-24)40(55)56)27(25)16-28-35(52)49(37(54)38(28,32)20-6-8-23(41)9-7-20)47-33-29(42)14-21(17-46-33)39(43,44)45/h2-10,12-15,17,26-28,31-32,50,55-56H,11,16H2,1H3,(H,46,47)/t26-,27+,28-,31-,32-,38+/m0/s1. The number of imide groups is 2. The molecule has 3 heterocycles. The van der Waals surface area contributed by atoms with E-state index in [4.69, 9.17) is 23.2 Å². The Balaban J connectivity index is 1.30. The van der Waals surface area contributed by atoms with E-state index in [9.17, 15) is 42.7 Å². The second kappa shape index (κ2) is 13.5. The van der Waals surface area contributed by atoms with E-state index in [1.807, 2.05) is 6.08 Å². The highest BCUT2D eigenvalue weighted by Crippen LogP contribution is 2.64. The smallest absolute Gasteiger partial charge is 0.488 e. The van der Waals surface area contributed by atoms with E-state index in [2.05, 4.69) is 10.4 Å². The quantitative estimate of drug-likeness (QED) is 0.115. The molecular weight excluding hydrogens is 775 g/mol. The average Bonchev–Trinajstić information content (AvgIpc) is 3.54. The normalized spacial score (nSPS) is 25.9. The lowest BCUT2D eigenvalue weighted by atomic mass is 9.49. The topological polar surface area (TPSA) is 160 Å². The molecule has 3 aromatic carbocycles. The highest BCUT2D eigenvalue weighted by atomic mass is 35.5. The molecule has 17 heteroatoms. The van der Waals surface area contributed by atoms with Gasteiger partial charge >= 0.3 is 13.3 Å². The first kappa shape index (κ1) is 37.7. The van der Waals surface area contributed by atoms with Crippen LogP contribution in [-0.2, 0) is 30.8 Å². The number of phenolic OH excluding ortho intramolecular Hbond substituents is 1. The zero-order valence-corrected chi connectivity index (χ0v) is 30.7. The molecule has 2 aliphatic heterocycles. The molecule has 11 nitrogen and oxygen atoms in total. The molecule has 6 atom stereocenters. The Labute approximate surface area is 327 Å². The van der Waals surface area contributed by atoms with Gasteiger partial charge in [0, 0.05) is 17.1 Å². The van der Waals surface area contributed by atoms with Crippen molar-refractivity contribution in [1.29, 1.82) is 0 Å². The number of phenols is 1.